The van der Waals surface area contributed by atoms with Crippen LogP contribution >= 0.6 is 0 Å². The quantitative estimate of drug-likeness (QED) is 0.550. The maximum atomic E-state index is 7.68. The Hall–Kier alpha value is 0. The first-order valence-corrected chi connectivity index (χ1v) is 5.78. The van der Waals surface area contributed by atoms with Crippen LogP contribution in [0, 0.1) is 11.8 Å². The lowest BCUT2D eigenvalue weighted by Gasteiger charge is -2.32. The Bertz CT molecular complexity index is 141. The molecule has 70 valence electrons. The standard InChI is InChI=1S/C12H22/c1-3-7-11(8-4-1)12-9-5-2-6-10-12/h11-12H,1-10H2/i1D. The van der Waals surface area contributed by atoms with Gasteiger partial charge in [0.2, 0.25) is 0 Å². The van der Waals surface area contributed by atoms with Gasteiger partial charge in [-0.1, -0.05) is 64.2 Å². The Morgan fingerprint density at radius 1 is 0.667 bits per heavy atom. The highest BCUT2D eigenvalue weighted by Crippen LogP contribution is 2.37. The molecule has 0 aromatic rings. The van der Waals surface area contributed by atoms with Crippen molar-refractivity contribution in [1.82, 2.24) is 0 Å². The zero-order valence-electron chi connectivity index (χ0n) is 9.10. The Kier molecular flexibility index (Phi) is 2.65. The minimum Gasteiger partial charge on any atom is -0.0533 e. The monoisotopic (exact) mass is 167 g/mol. The van der Waals surface area contributed by atoms with Gasteiger partial charge in [0.25, 0.3) is 0 Å². The number of hydrogen-bond donors (Lipinski definition) is 0. The topological polar surface area (TPSA) is 0 Å². The van der Waals surface area contributed by atoms with E-state index in [1.54, 1.807) is 0 Å². The van der Waals surface area contributed by atoms with Gasteiger partial charge >= 0.3 is 0 Å². The summed E-state index contributed by atoms with van der Waals surface area (Å²) >= 11 is 0. The van der Waals surface area contributed by atoms with Gasteiger partial charge in [0.1, 0.15) is 0 Å². The van der Waals surface area contributed by atoms with E-state index in [2.05, 4.69) is 0 Å². The summed E-state index contributed by atoms with van der Waals surface area (Å²) in [4.78, 5) is 0. The van der Waals surface area contributed by atoms with Crippen molar-refractivity contribution in [3.63, 3.8) is 0 Å². The Morgan fingerprint density at radius 2 is 1.17 bits per heavy atom. The molecule has 0 spiro atoms. The van der Waals surface area contributed by atoms with Crippen LogP contribution in [0.1, 0.15) is 65.6 Å². The minimum absolute atomic E-state index is 0.278. The van der Waals surface area contributed by atoms with E-state index < -0.39 is 0 Å². The Morgan fingerprint density at radius 3 is 1.75 bits per heavy atom. The lowest BCUT2D eigenvalue weighted by atomic mass is 9.73. The van der Waals surface area contributed by atoms with Crippen LogP contribution in [0.25, 0.3) is 0 Å². The molecule has 0 unspecified atom stereocenters. The molecule has 0 aromatic heterocycles. The van der Waals surface area contributed by atoms with E-state index in [-0.39, 0.29) is 6.40 Å². The predicted octanol–water partition coefficient (Wildman–Crippen LogP) is 4.15. The summed E-state index contributed by atoms with van der Waals surface area (Å²) in [6.45, 7) is 0. The Labute approximate surface area is 78.1 Å². The molecule has 0 radical (unpaired) electrons. The molecular weight excluding hydrogens is 144 g/mol. The van der Waals surface area contributed by atoms with Gasteiger partial charge in [0, 0.05) is 1.37 Å². The fourth-order valence-electron chi connectivity index (χ4n) is 3.03. The molecule has 2 aliphatic rings. The second-order valence-corrected chi connectivity index (χ2v) is 4.60. The maximum absolute atomic E-state index is 7.68. The third-order valence-electron chi connectivity index (χ3n) is 3.80. The normalized spacial score (nSPS) is 40.8. The summed E-state index contributed by atoms with van der Waals surface area (Å²) in [7, 11) is 0. The van der Waals surface area contributed by atoms with Crippen LogP contribution in [0.2, 0.25) is 0 Å². The zero-order chi connectivity index (χ0) is 9.10. The van der Waals surface area contributed by atoms with E-state index in [0.717, 1.165) is 11.8 Å². The van der Waals surface area contributed by atoms with Crippen molar-refractivity contribution in [2.45, 2.75) is 64.2 Å². The van der Waals surface area contributed by atoms with Gasteiger partial charge < -0.3 is 0 Å². The minimum atomic E-state index is 0.278. The molecule has 2 fully saturated rings. The molecule has 0 amide bonds. The summed E-state index contributed by atoms with van der Waals surface area (Å²) in [5.74, 6) is 2.04. The van der Waals surface area contributed by atoms with Crippen molar-refractivity contribution in [1.29, 1.82) is 0 Å². The van der Waals surface area contributed by atoms with Gasteiger partial charge in [-0.05, 0) is 11.8 Å². The molecule has 0 bridgehead atoms. The maximum Gasteiger partial charge on any atom is 0.0267 e. The van der Waals surface area contributed by atoms with Crippen LogP contribution < -0.4 is 0 Å². The second kappa shape index (κ2) is 4.30. The Balaban J connectivity index is 1.79. The van der Waals surface area contributed by atoms with Crippen molar-refractivity contribution in [3.8, 4) is 0 Å². The van der Waals surface area contributed by atoms with Crippen LogP contribution in [0.5, 0.6) is 0 Å². The zero-order valence-corrected chi connectivity index (χ0v) is 8.10. The molecule has 2 saturated carbocycles. The van der Waals surface area contributed by atoms with Gasteiger partial charge in [0.05, 0.1) is 0 Å². The lowest BCUT2D eigenvalue weighted by molar-refractivity contribution is 0.196. The molecule has 0 aromatic carbocycles. The highest BCUT2D eigenvalue weighted by molar-refractivity contribution is 4.76. The molecule has 12 heavy (non-hydrogen) atoms. The fourth-order valence-corrected chi connectivity index (χ4v) is 3.03. The predicted molar refractivity (Wildman–Crippen MR) is 53.2 cm³/mol. The number of rotatable bonds is 1. The smallest absolute Gasteiger partial charge is 0.0267 e. The first-order valence-electron chi connectivity index (χ1n) is 6.36. The highest BCUT2D eigenvalue weighted by Gasteiger charge is 2.24. The summed E-state index contributed by atoms with van der Waals surface area (Å²) in [6.07, 6.45) is 12.8. The van der Waals surface area contributed by atoms with E-state index in [1.807, 2.05) is 0 Å². The first-order chi connectivity index (χ1) is 6.36. The molecular formula is C12H22. The van der Waals surface area contributed by atoms with E-state index >= 15 is 0 Å². The van der Waals surface area contributed by atoms with Crippen molar-refractivity contribution >= 4 is 0 Å². The van der Waals surface area contributed by atoms with Crippen molar-refractivity contribution in [3.05, 3.63) is 0 Å². The molecule has 0 atom stereocenters. The van der Waals surface area contributed by atoms with Crippen LogP contribution in [0.4, 0.5) is 0 Å². The third-order valence-corrected chi connectivity index (χ3v) is 3.80. The van der Waals surface area contributed by atoms with Crippen molar-refractivity contribution in [2.75, 3.05) is 0 Å². The molecule has 2 rings (SSSR count). The average Bonchev–Trinajstić information content (AvgIpc) is 2.20. The van der Waals surface area contributed by atoms with E-state index in [9.17, 15) is 0 Å². The van der Waals surface area contributed by atoms with E-state index in [1.165, 1.54) is 57.8 Å². The molecule has 0 heterocycles. The first kappa shape index (κ1) is 7.41. The summed E-state index contributed by atoms with van der Waals surface area (Å²) in [6, 6.07) is 0. The molecule has 0 aliphatic heterocycles. The molecule has 0 saturated heterocycles. The van der Waals surface area contributed by atoms with E-state index in [0.29, 0.717) is 0 Å². The van der Waals surface area contributed by atoms with E-state index in [4.69, 9.17) is 1.37 Å². The molecule has 0 heteroatoms. The SMILES string of the molecule is [2H]C1CCC(C2CCCCC2)CC1. The summed E-state index contributed by atoms with van der Waals surface area (Å²) in [5, 5.41) is 0. The summed E-state index contributed by atoms with van der Waals surface area (Å²) in [5.41, 5.74) is 0. The lowest BCUT2D eigenvalue weighted by Crippen LogP contribution is -2.20. The third kappa shape index (κ3) is 2.02. The molecule has 2 aliphatic carbocycles. The largest absolute Gasteiger partial charge is 0.0533 e. The van der Waals surface area contributed by atoms with Gasteiger partial charge in [-0.2, -0.15) is 0 Å². The fraction of sp³-hybridized carbons (Fsp3) is 1.00. The second-order valence-electron chi connectivity index (χ2n) is 4.60. The molecule has 0 nitrogen and oxygen atoms in total. The van der Waals surface area contributed by atoms with Gasteiger partial charge in [-0.25, -0.2) is 0 Å². The van der Waals surface area contributed by atoms with Gasteiger partial charge in [-0.3, -0.25) is 0 Å². The van der Waals surface area contributed by atoms with Gasteiger partial charge in [0.15, 0.2) is 0 Å². The summed E-state index contributed by atoms with van der Waals surface area (Å²) < 4.78 is 7.68. The van der Waals surface area contributed by atoms with Crippen LogP contribution in [0.15, 0.2) is 0 Å². The number of hydrogen-bond acceptors (Lipinski definition) is 0. The van der Waals surface area contributed by atoms with Crippen LogP contribution in [0.3, 0.4) is 0 Å². The molecule has 0 N–H and O–H groups in total. The van der Waals surface area contributed by atoms with Crippen molar-refractivity contribution < 1.29 is 1.37 Å². The van der Waals surface area contributed by atoms with Crippen LogP contribution in [-0.2, 0) is 0 Å². The average molecular weight is 167 g/mol. The van der Waals surface area contributed by atoms with Crippen molar-refractivity contribution in [2.24, 2.45) is 11.8 Å². The highest BCUT2D eigenvalue weighted by atomic mass is 14.3. The van der Waals surface area contributed by atoms with Gasteiger partial charge in [-0.15, -0.1) is 0 Å². The van der Waals surface area contributed by atoms with Crippen LogP contribution in [-0.4, -0.2) is 0 Å².